The summed E-state index contributed by atoms with van der Waals surface area (Å²) in [6.07, 6.45) is 5.28. The molecule has 0 aromatic rings. The Hall–Kier alpha value is 0.210. The first-order valence-electron chi connectivity index (χ1n) is 5.81. The van der Waals surface area contributed by atoms with E-state index in [1.54, 1.807) is 0 Å². The molecular weight excluding hydrogens is 196 g/mol. The summed E-state index contributed by atoms with van der Waals surface area (Å²) in [5, 5.41) is 0. The molecule has 84 valence electrons. The first kappa shape index (κ1) is 12.3. The molecule has 1 aliphatic heterocycles. The molecule has 14 heavy (non-hydrogen) atoms. The van der Waals surface area contributed by atoms with Gasteiger partial charge in [-0.25, -0.2) is 4.84 Å². The van der Waals surface area contributed by atoms with Crippen LogP contribution in [0.15, 0.2) is 0 Å². The minimum absolute atomic E-state index is 0.453. The summed E-state index contributed by atoms with van der Waals surface area (Å²) in [4.78, 5) is 5.44. The van der Waals surface area contributed by atoms with Crippen molar-refractivity contribution in [2.45, 2.75) is 45.6 Å². The summed E-state index contributed by atoms with van der Waals surface area (Å²) in [5.74, 6) is 0.719. The molecule has 1 heterocycles. The van der Waals surface area contributed by atoms with Crippen molar-refractivity contribution in [3.63, 3.8) is 0 Å². The minimum atomic E-state index is 0.453. The highest BCUT2D eigenvalue weighted by Crippen LogP contribution is 2.12. The molecule has 2 nitrogen and oxygen atoms in total. The van der Waals surface area contributed by atoms with Crippen molar-refractivity contribution in [1.82, 2.24) is 9.74 Å². The quantitative estimate of drug-likeness (QED) is 0.714. The number of likely N-dealkylation sites (tertiary alicyclic amines) is 1. The highest BCUT2D eigenvalue weighted by atomic mass is 35.5. The number of hydrogen-bond donors (Lipinski definition) is 1. The normalized spacial score (nSPS) is 21.4. The van der Waals surface area contributed by atoms with Gasteiger partial charge in [0.1, 0.15) is 0 Å². The number of rotatable bonds is 5. The van der Waals surface area contributed by atoms with Gasteiger partial charge in [0, 0.05) is 12.6 Å². The average molecular weight is 219 g/mol. The Morgan fingerprint density at radius 1 is 1.21 bits per heavy atom. The lowest BCUT2D eigenvalue weighted by molar-refractivity contribution is 0.204. The maximum atomic E-state index is 5.75. The lowest BCUT2D eigenvalue weighted by Gasteiger charge is -2.30. The Balaban J connectivity index is 2.23. The molecule has 3 heteroatoms. The molecule has 1 N–H and O–H groups in total. The predicted molar refractivity (Wildman–Crippen MR) is 62.5 cm³/mol. The molecule has 1 atom stereocenters. The summed E-state index contributed by atoms with van der Waals surface area (Å²) < 4.78 is 0. The van der Waals surface area contributed by atoms with E-state index in [1.165, 1.54) is 38.8 Å². The van der Waals surface area contributed by atoms with Crippen LogP contribution in [-0.2, 0) is 0 Å². The molecule has 0 bridgehead atoms. The van der Waals surface area contributed by atoms with Crippen LogP contribution in [0.4, 0.5) is 0 Å². The Morgan fingerprint density at radius 3 is 2.36 bits per heavy atom. The molecule has 0 aromatic carbocycles. The number of hydrogen-bond acceptors (Lipinski definition) is 2. The van der Waals surface area contributed by atoms with E-state index >= 15 is 0 Å². The van der Waals surface area contributed by atoms with Crippen LogP contribution in [0.3, 0.4) is 0 Å². The monoisotopic (exact) mass is 218 g/mol. The van der Waals surface area contributed by atoms with Crippen LogP contribution in [0.5, 0.6) is 0 Å². The van der Waals surface area contributed by atoms with Gasteiger partial charge in [-0.15, -0.1) is 0 Å². The van der Waals surface area contributed by atoms with Crippen molar-refractivity contribution in [3.8, 4) is 0 Å². The topological polar surface area (TPSA) is 15.3 Å². The van der Waals surface area contributed by atoms with Gasteiger partial charge in [0.25, 0.3) is 0 Å². The molecule has 0 aliphatic carbocycles. The van der Waals surface area contributed by atoms with Gasteiger partial charge in [0.05, 0.1) is 0 Å². The van der Waals surface area contributed by atoms with E-state index in [9.17, 15) is 0 Å². The molecule has 0 amide bonds. The van der Waals surface area contributed by atoms with Crippen LogP contribution in [-0.4, -0.2) is 30.6 Å². The zero-order valence-electron chi connectivity index (χ0n) is 9.43. The van der Waals surface area contributed by atoms with E-state index in [2.05, 4.69) is 23.6 Å². The SMILES string of the molecule is CC(C)C[C@@H](CN1CCCCC1)NCl. The van der Waals surface area contributed by atoms with Crippen molar-refractivity contribution in [3.05, 3.63) is 0 Å². The second-order valence-corrected chi connectivity index (χ2v) is 5.02. The zero-order valence-corrected chi connectivity index (χ0v) is 10.2. The van der Waals surface area contributed by atoms with Crippen LogP contribution >= 0.6 is 11.8 Å². The van der Waals surface area contributed by atoms with Gasteiger partial charge in [0.2, 0.25) is 0 Å². The summed E-state index contributed by atoms with van der Waals surface area (Å²) >= 11 is 5.75. The lowest BCUT2D eigenvalue weighted by Crippen LogP contribution is -2.40. The van der Waals surface area contributed by atoms with E-state index < -0.39 is 0 Å². The highest BCUT2D eigenvalue weighted by Gasteiger charge is 2.16. The Bertz CT molecular complexity index is 144. The van der Waals surface area contributed by atoms with Crippen molar-refractivity contribution < 1.29 is 0 Å². The lowest BCUT2D eigenvalue weighted by atomic mass is 10.0. The first-order chi connectivity index (χ1) is 6.72. The second-order valence-electron chi connectivity index (χ2n) is 4.80. The fourth-order valence-corrected chi connectivity index (χ4v) is 2.33. The van der Waals surface area contributed by atoms with Gasteiger partial charge in [-0.2, -0.15) is 0 Å². The third kappa shape index (κ3) is 4.63. The van der Waals surface area contributed by atoms with Gasteiger partial charge in [-0.05, 0) is 50.0 Å². The Morgan fingerprint density at radius 2 is 1.86 bits per heavy atom. The van der Waals surface area contributed by atoms with Gasteiger partial charge < -0.3 is 4.90 Å². The molecular formula is C11H23ClN2. The standard InChI is InChI=1S/C11H23ClN2/c1-10(2)8-11(13-12)9-14-6-4-3-5-7-14/h10-11,13H,3-9H2,1-2H3/t11-/m0/s1. The fourth-order valence-electron chi connectivity index (χ4n) is 2.18. The van der Waals surface area contributed by atoms with E-state index in [1.807, 2.05) is 0 Å². The van der Waals surface area contributed by atoms with Crippen molar-refractivity contribution >= 4 is 11.8 Å². The van der Waals surface area contributed by atoms with Gasteiger partial charge >= 0.3 is 0 Å². The fraction of sp³-hybridized carbons (Fsp3) is 1.00. The number of nitrogens with zero attached hydrogens (tertiary/aromatic N) is 1. The maximum absolute atomic E-state index is 5.75. The largest absolute Gasteiger partial charge is 0.302 e. The molecule has 0 radical (unpaired) electrons. The van der Waals surface area contributed by atoms with Crippen LogP contribution in [0.1, 0.15) is 39.5 Å². The number of halogens is 1. The van der Waals surface area contributed by atoms with E-state index in [0.29, 0.717) is 6.04 Å². The van der Waals surface area contributed by atoms with E-state index in [-0.39, 0.29) is 0 Å². The van der Waals surface area contributed by atoms with Crippen molar-refractivity contribution in [2.24, 2.45) is 5.92 Å². The second kappa shape index (κ2) is 6.65. The number of nitrogens with one attached hydrogen (secondary N) is 1. The maximum Gasteiger partial charge on any atom is 0.0350 e. The predicted octanol–water partition coefficient (Wildman–Crippen LogP) is 2.63. The van der Waals surface area contributed by atoms with Crippen LogP contribution in [0.2, 0.25) is 0 Å². The van der Waals surface area contributed by atoms with Crippen molar-refractivity contribution in [1.29, 1.82) is 0 Å². The minimum Gasteiger partial charge on any atom is -0.302 e. The smallest absolute Gasteiger partial charge is 0.0350 e. The molecule has 0 unspecified atom stereocenters. The molecule has 1 fully saturated rings. The average Bonchev–Trinajstić information content (AvgIpc) is 2.17. The molecule has 0 saturated carbocycles. The van der Waals surface area contributed by atoms with E-state index in [4.69, 9.17) is 11.8 Å². The van der Waals surface area contributed by atoms with E-state index in [0.717, 1.165) is 12.5 Å². The van der Waals surface area contributed by atoms with Gasteiger partial charge in [0.15, 0.2) is 0 Å². The summed E-state index contributed by atoms with van der Waals surface area (Å²) in [6.45, 7) is 8.12. The summed E-state index contributed by atoms with van der Waals surface area (Å²) in [7, 11) is 0. The number of piperidine rings is 1. The van der Waals surface area contributed by atoms with Gasteiger partial charge in [-0.1, -0.05) is 20.3 Å². The third-order valence-corrected chi connectivity index (χ3v) is 3.15. The molecule has 1 aliphatic rings. The molecule has 1 rings (SSSR count). The third-order valence-electron chi connectivity index (χ3n) is 2.84. The molecule has 0 spiro atoms. The van der Waals surface area contributed by atoms with Crippen LogP contribution in [0, 0.1) is 5.92 Å². The summed E-state index contributed by atoms with van der Waals surface area (Å²) in [6, 6.07) is 0.453. The summed E-state index contributed by atoms with van der Waals surface area (Å²) in [5.41, 5.74) is 0. The first-order valence-corrected chi connectivity index (χ1v) is 6.18. The Kier molecular flexibility index (Phi) is 5.83. The molecule has 0 aromatic heterocycles. The molecule has 1 saturated heterocycles. The van der Waals surface area contributed by atoms with Crippen LogP contribution in [0.25, 0.3) is 0 Å². The van der Waals surface area contributed by atoms with Gasteiger partial charge in [-0.3, -0.25) is 0 Å². The highest BCUT2D eigenvalue weighted by molar-refractivity contribution is 6.13. The zero-order chi connectivity index (χ0) is 10.4. The Labute approximate surface area is 93.1 Å². The van der Waals surface area contributed by atoms with Crippen LogP contribution < -0.4 is 4.84 Å². The van der Waals surface area contributed by atoms with Crippen molar-refractivity contribution in [2.75, 3.05) is 19.6 Å².